The Hall–Kier alpha value is -2.62. The number of hydrogen-bond donors (Lipinski definition) is 1. The lowest BCUT2D eigenvalue weighted by molar-refractivity contribution is -0.123. The van der Waals surface area contributed by atoms with Crippen LogP contribution >= 0.6 is 0 Å². The van der Waals surface area contributed by atoms with E-state index in [9.17, 15) is 4.79 Å². The van der Waals surface area contributed by atoms with Gasteiger partial charge in [0.25, 0.3) is 0 Å². The SMILES string of the molecule is CCn1c(CNC(=O)C2(c3ccccc3)CC2)nc2ccccc21. The number of hydrogen-bond acceptors (Lipinski definition) is 2. The molecular weight excluding hydrogens is 298 g/mol. The third kappa shape index (κ3) is 2.39. The summed E-state index contributed by atoms with van der Waals surface area (Å²) in [4.78, 5) is 17.4. The summed E-state index contributed by atoms with van der Waals surface area (Å²) in [5.41, 5.74) is 2.89. The molecule has 0 atom stereocenters. The van der Waals surface area contributed by atoms with Crippen LogP contribution in [0.2, 0.25) is 0 Å². The summed E-state index contributed by atoms with van der Waals surface area (Å²) in [6.07, 6.45) is 1.85. The minimum Gasteiger partial charge on any atom is -0.348 e. The first kappa shape index (κ1) is 14.9. The Kier molecular flexibility index (Phi) is 3.60. The van der Waals surface area contributed by atoms with Crippen molar-refractivity contribution in [3.8, 4) is 0 Å². The zero-order valence-electron chi connectivity index (χ0n) is 13.8. The number of carbonyl (C=O) groups is 1. The van der Waals surface area contributed by atoms with Crippen LogP contribution < -0.4 is 5.32 Å². The number of carbonyl (C=O) groups excluding carboxylic acids is 1. The topological polar surface area (TPSA) is 46.9 Å². The molecule has 3 aromatic rings. The Balaban J connectivity index is 1.54. The van der Waals surface area contributed by atoms with Crippen LogP contribution in [0.1, 0.15) is 31.2 Å². The molecule has 0 spiro atoms. The first-order chi connectivity index (χ1) is 11.7. The van der Waals surface area contributed by atoms with E-state index in [0.717, 1.165) is 41.8 Å². The predicted octanol–water partition coefficient (Wildman–Crippen LogP) is 3.40. The molecule has 1 aliphatic carbocycles. The lowest BCUT2D eigenvalue weighted by Crippen LogP contribution is -2.35. The maximum atomic E-state index is 12.8. The number of amides is 1. The first-order valence-electron chi connectivity index (χ1n) is 8.52. The van der Waals surface area contributed by atoms with Crippen molar-refractivity contribution in [2.75, 3.05) is 0 Å². The summed E-state index contributed by atoms with van der Waals surface area (Å²) >= 11 is 0. The van der Waals surface area contributed by atoms with E-state index in [1.165, 1.54) is 0 Å². The molecule has 1 aromatic heterocycles. The predicted molar refractivity (Wildman–Crippen MR) is 94.6 cm³/mol. The monoisotopic (exact) mass is 319 g/mol. The van der Waals surface area contributed by atoms with E-state index in [0.29, 0.717) is 6.54 Å². The molecule has 4 rings (SSSR count). The van der Waals surface area contributed by atoms with Gasteiger partial charge >= 0.3 is 0 Å². The number of aryl methyl sites for hydroxylation is 1. The van der Waals surface area contributed by atoms with Gasteiger partial charge in [0, 0.05) is 6.54 Å². The van der Waals surface area contributed by atoms with Crippen LogP contribution in [0.3, 0.4) is 0 Å². The minimum atomic E-state index is -0.329. The molecule has 0 radical (unpaired) electrons. The van der Waals surface area contributed by atoms with Gasteiger partial charge in [-0.25, -0.2) is 4.98 Å². The number of rotatable bonds is 5. The third-order valence-electron chi connectivity index (χ3n) is 4.97. The fourth-order valence-corrected chi connectivity index (χ4v) is 3.47. The fraction of sp³-hybridized carbons (Fsp3) is 0.300. The second kappa shape index (κ2) is 5.78. The maximum absolute atomic E-state index is 12.8. The van der Waals surface area contributed by atoms with E-state index in [1.807, 2.05) is 48.5 Å². The molecule has 2 aromatic carbocycles. The van der Waals surface area contributed by atoms with Crippen LogP contribution in [-0.2, 0) is 23.3 Å². The molecule has 0 unspecified atom stereocenters. The van der Waals surface area contributed by atoms with Gasteiger partial charge in [-0.1, -0.05) is 42.5 Å². The Labute approximate surface area is 141 Å². The van der Waals surface area contributed by atoms with Crippen molar-refractivity contribution in [3.05, 3.63) is 66.0 Å². The minimum absolute atomic E-state index is 0.114. The number of para-hydroxylation sites is 2. The van der Waals surface area contributed by atoms with Crippen molar-refractivity contribution in [2.24, 2.45) is 0 Å². The third-order valence-corrected chi connectivity index (χ3v) is 4.97. The zero-order valence-corrected chi connectivity index (χ0v) is 13.8. The second-order valence-electron chi connectivity index (χ2n) is 6.39. The van der Waals surface area contributed by atoms with Crippen molar-refractivity contribution in [1.82, 2.24) is 14.9 Å². The van der Waals surface area contributed by atoms with Crippen LogP contribution in [0.5, 0.6) is 0 Å². The van der Waals surface area contributed by atoms with Gasteiger partial charge in [0.1, 0.15) is 5.82 Å². The van der Waals surface area contributed by atoms with Crippen LogP contribution in [0.25, 0.3) is 11.0 Å². The van der Waals surface area contributed by atoms with E-state index in [1.54, 1.807) is 0 Å². The average molecular weight is 319 g/mol. The highest BCUT2D eigenvalue weighted by molar-refractivity contribution is 5.91. The second-order valence-corrected chi connectivity index (χ2v) is 6.39. The highest BCUT2D eigenvalue weighted by atomic mass is 16.2. The van der Waals surface area contributed by atoms with Gasteiger partial charge < -0.3 is 9.88 Å². The molecular formula is C20H21N3O. The van der Waals surface area contributed by atoms with E-state index >= 15 is 0 Å². The fourth-order valence-electron chi connectivity index (χ4n) is 3.47. The van der Waals surface area contributed by atoms with Gasteiger partial charge in [-0.3, -0.25) is 4.79 Å². The van der Waals surface area contributed by atoms with Gasteiger partial charge in [-0.05, 0) is 37.5 Å². The van der Waals surface area contributed by atoms with E-state index in [2.05, 4.69) is 27.9 Å². The summed E-state index contributed by atoms with van der Waals surface area (Å²) in [6, 6.07) is 18.2. The summed E-state index contributed by atoms with van der Waals surface area (Å²) in [5.74, 6) is 1.03. The standard InChI is InChI=1S/C20H21N3O/c1-2-23-17-11-7-6-10-16(17)22-18(23)14-21-19(24)20(12-13-20)15-8-4-3-5-9-15/h3-11H,2,12-14H2,1H3,(H,21,24). The number of fused-ring (bicyclic) bond motifs is 1. The lowest BCUT2D eigenvalue weighted by Gasteiger charge is -2.16. The van der Waals surface area contributed by atoms with Gasteiger partial charge in [0.15, 0.2) is 0 Å². The molecule has 1 saturated carbocycles. The van der Waals surface area contributed by atoms with Crippen molar-refractivity contribution < 1.29 is 4.79 Å². The molecule has 0 saturated heterocycles. The summed E-state index contributed by atoms with van der Waals surface area (Å²) in [7, 11) is 0. The smallest absolute Gasteiger partial charge is 0.231 e. The molecule has 1 amide bonds. The zero-order chi connectivity index (χ0) is 16.6. The molecule has 24 heavy (non-hydrogen) atoms. The molecule has 0 bridgehead atoms. The Morgan fingerprint density at radius 3 is 2.54 bits per heavy atom. The molecule has 4 heteroatoms. The molecule has 1 aliphatic rings. The maximum Gasteiger partial charge on any atom is 0.231 e. The van der Waals surface area contributed by atoms with E-state index in [4.69, 9.17) is 0 Å². The number of nitrogens with one attached hydrogen (secondary N) is 1. The number of imidazole rings is 1. The summed E-state index contributed by atoms with van der Waals surface area (Å²) < 4.78 is 2.16. The van der Waals surface area contributed by atoms with Crippen LogP contribution in [0.15, 0.2) is 54.6 Å². The normalized spacial score (nSPS) is 15.4. The highest BCUT2D eigenvalue weighted by Gasteiger charge is 2.51. The van der Waals surface area contributed by atoms with Gasteiger partial charge in [-0.15, -0.1) is 0 Å². The van der Waals surface area contributed by atoms with Crippen LogP contribution in [0, 0.1) is 0 Å². The van der Waals surface area contributed by atoms with Gasteiger partial charge in [-0.2, -0.15) is 0 Å². The van der Waals surface area contributed by atoms with Gasteiger partial charge in [0.05, 0.1) is 23.0 Å². The highest BCUT2D eigenvalue weighted by Crippen LogP contribution is 2.48. The largest absolute Gasteiger partial charge is 0.348 e. The summed E-state index contributed by atoms with van der Waals surface area (Å²) in [6.45, 7) is 3.41. The van der Waals surface area contributed by atoms with Crippen LogP contribution in [-0.4, -0.2) is 15.5 Å². The molecule has 4 nitrogen and oxygen atoms in total. The Morgan fingerprint density at radius 1 is 1.12 bits per heavy atom. The van der Waals surface area contributed by atoms with Crippen molar-refractivity contribution in [1.29, 1.82) is 0 Å². The Bertz CT molecular complexity index is 878. The molecule has 1 heterocycles. The van der Waals surface area contributed by atoms with Crippen molar-refractivity contribution in [2.45, 2.75) is 38.3 Å². The molecule has 122 valence electrons. The van der Waals surface area contributed by atoms with Crippen molar-refractivity contribution >= 4 is 16.9 Å². The van der Waals surface area contributed by atoms with E-state index in [-0.39, 0.29) is 11.3 Å². The lowest BCUT2D eigenvalue weighted by atomic mass is 9.95. The summed E-state index contributed by atoms with van der Waals surface area (Å²) in [5, 5.41) is 3.11. The molecule has 1 fully saturated rings. The van der Waals surface area contributed by atoms with Gasteiger partial charge in [0.2, 0.25) is 5.91 Å². The number of aromatic nitrogens is 2. The molecule has 0 aliphatic heterocycles. The number of nitrogens with zero attached hydrogens (tertiary/aromatic N) is 2. The van der Waals surface area contributed by atoms with Crippen molar-refractivity contribution in [3.63, 3.8) is 0 Å². The number of benzene rings is 2. The first-order valence-corrected chi connectivity index (χ1v) is 8.52. The van der Waals surface area contributed by atoms with E-state index < -0.39 is 0 Å². The Morgan fingerprint density at radius 2 is 1.83 bits per heavy atom. The molecule has 1 N–H and O–H groups in total. The quantitative estimate of drug-likeness (QED) is 0.783. The van der Waals surface area contributed by atoms with Crippen LogP contribution in [0.4, 0.5) is 0 Å². The average Bonchev–Trinajstić information content (AvgIpc) is 3.36.